The van der Waals surface area contributed by atoms with E-state index in [2.05, 4.69) is 4.90 Å². The number of rotatable bonds is 8. The molecule has 1 aromatic carbocycles. The van der Waals surface area contributed by atoms with E-state index in [1.807, 2.05) is 24.3 Å². The molecule has 0 bridgehead atoms. The molecule has 148 valence electrons. The number of ether oxygens (including phenoxy) is 3. The molecule has 6 nitrogen and oxygen atoms in total. The van der Waals surface area contributed by atoms with Gasteiger partial charge in [-0.2, -0.15) is 0 Å². The van der Waals surface area contributed by atoms with E-state index in [-0.39, 0.29) is 24.0 Å². The van der Waals surface area contributed by atoms with Crippen LogP contribution in [-0.4, -0.2) is 55.3 Å². The van der Waals surface area contributed by atoms with Crippen molar-refractivity contribution in [1.82, 2.24) is 4.90 Å². The molecule has 2 aliphatic rings. The van der Waals surface area contributed by atoms with Crippen LogP contribution in [0.15, 0.2) is 24.3 Å². The Balaban J connectivity index is 1.53. The summed E-state index contributed by atoms with van der Waals surface area (Å²) in [5.41, 5.74) is 1.80. The van der Waals surface area contributed by atoms with Gasteiger partial charge in [0.2, 0.25) is 0 Å². The van der Waals surface area contributed by atoms with Crippen LogP contribution in [0.5, 0.6) is 0 Å². The van der Waals surface area contributed by atoms with Crippen molar-refractivity contribution >= 4 is 11.8 Å². The molecule has 0 N–H and O–H groups in total. The minimum absolute atomic E-state index is 0.0887. The first-order valence-corrected chi connectivity index (χ1v) is 9.89. The van der Waals surface area contributed by atoms with Gasteiger partial charge in [-0.1, -0.05) is 24.3 Å². The zero-order chi connectivity index (χ0) is 19.1. The van der Waals surface area contributed by atoms with E-state index >= 15 is 0 Å². The average Bonchev–Trinajstić information content (AvgIpc) is 3.12. The van der Waals surface area contributed by atoms with E-state index in [1.165, 1.54) is 0 Å². The van der Waals surface area contributed by atoms with Crippen LogP contribution in [0.1, 0.15) is 54.9 Å². The van der Waals surface area contributed by atoms with E-state index < -0.39 is 0 Å². The minimum Gasteiger partial charge on any atom is -0.466 e. The Hall–Kier alpha value is -1.76. The van der Waals surface area contributed by atoms with Crippen LogP contribution in [0.25, 0.3) is 0 Å². The summed E-state index contributed by atoms with van der Waals surface area (Å²) in [5, 5.41) is 0. The number of hydrogen-bond acceptors (Lipinski definition) is 6. The van der Waals surface area contributed by atoms with E-state index in [0.717, 1.165) is 43.6 Å². The lowest BCUT2D eigenvalue weighted by Gasteiger charge is -2.37. The predicted molar refractivity (Wildman–Crippen MR) is 100 cm³/mol. The fourth-order valence-corrected chi connectivity index (χ4v) is 3.77. The van der Waals surface area contributed by atoms with Gasteiger partial charge in [-0.05, 0) is 18.9 Å². The summed E-state index contributed by atoms with van der Waals surface area (Å²) in [4.78, 5) is 26.4. The van der Waals surface area contributed by atoms with Crippen LogP contribution in [0.2, 0.25) is 0 Å². The fraction of sp³-hybridized carbons (Fsp3) is 0.619. The number of Topliss-reactive ketones (excluding diaryl/α,β-unsaturated/α-hetero) is 1. The second-order valence-electron chi connectivity index (χ2n) is 7.12. The summed E-state index contributed by atoms with van der Waals surface area (Å²) in [6, 6.07) is 7.77. The van der Waals surface area contributed by atoms with Crippen molar-refractivity contribution in [3.05, 3.63) is 35.4 Å². The molecule has 0 atom stereocenters. The lowest BCUT2D eigenvalue weighted by Crippen LogP contribution is -2.44. The lowest BCUT2D eigenvalue weighted by atomic mass is 9.98. The van der Waals surface area contributed by atoms with E-state index in [0.29, 0.717) is 32.7 Å². The molecule has 0 amide bonds. The highest BCUT2D eigenvalue weighted by Gasteiger charge is 2.39. The van der Waals surface area contributed by atoms with Gasteiger partial charge in [0.25, 0.3) is 0 Å². The smallest absolute Gasteiger partial charge is 0.305 e. The van der Waals surface area contributed by atoms with E-state index in [4.69, 9.17) is 14.2 Å². The first-order chi connectivity index (χ1) is 13.1. The Kier molecular flexibility index (Phi) is 6.99. The lowest BCUT2D eigenvalue weighted by molar-refractivity contribution is -0.185. The molecule has 1 spiro atoms. The number of nitrogens with zero attached hydrogens (tertiary/aromatic N) is 1. The highest BCUT2D eigenvalue weighted by Crippen LogP contribution is 2.32. The van der Waals surface area contributed by atoms with Crippen molar-refractivity contribution < 1.29 is 23.8 Å². The molecule has 0 aliphatic carbocycles. The molecule has 6 heteroatoms. The molecular weight excluding hydrogens is 346 g/mol. The number of carbonyl (C=O) groups is 2. The van der Waals surface area contributed by atoms with Gasteiger partial charge in [-0.3, -0.25) is 14.5 Å². The second-order valence-corrected chi connectivity index (χ2v) is 7.12. The number of benzene rings is 1. The van der Waals surface area contributed by atoms with Crippen molar-refractivity contribution in [2.75, 3.05) is 32.9 Å². The van der Waals surface area contributed by atoms with Gasteiger partial charge in [-0.25, -0.2) is 0 Å². The normalized spacial score (nSPS) is 19.3. The third kappa shape index (κ3) is 5.37. The maximum Gasteiger partial charge on any atom is 0.305 e. The molecule has 2 fully saturated rings. The van der Waals surface area contributed by atoms with Crippen LogP contribution in [-0.2, 0) is 25.5 Å². The third-order valence-corrected chi connectivity index (χ3v) is 5.23. The predicted octanol–water partition coefficient (Wildman–Crippen LogP) is 2.94. The van der Waals surface area contributed by atoms with Crippen LogP contribution in [0, 0.1) is 0 Å². The fourth-order valence-electron chi connectivity index (χ4n) is 3.77. The second kappa shape index (κ2) is 9.44. The van der Waals surface area contributed by atoms with Crippen molar-refractivity contribution in [3.63, 3.8) is 0 Å². The van der Waals surface area contributed by atoms with Gasteiger partial charge in [0.05, 0.1) is 19.8 Å². The van der Waals surface area contributed by atoms with Gasteiger partial charge >= 0.3 is 5.97 Å². The van der Waals surface area contributed by atoms with E-state index in [1.54, 1.807) is 6.92 Å². The van der Waals surface area contributed by atoms with Crippen LogP contribution >= 0.6 is 0 Å². The Labute approximate surface area is 160 Å². The van der Waals surface area contributed by atoms with Gasteiger partial charge in [0.15, 0.2) is 11.6 Å². The number of likely N-dealkylation sites (tertiary alicyclic amines) is 1. The van der Waals surface area contributed by atoms with Crippen molar-refractivity contribution in [3.8, 4) is 0 Å². The van der Waals surface area contributed by atoms with Crippen molar-refractivity contribution in [2.45, 2.75) is 51.4 Å². The highest BCUT2D eigenvalue weighted by atomic mass is 16.7. The Morgan fingerprint density at radius 3 is 2.52 bits per heavy atom. The number of carbonyl (C=O) groups excluding carboxylic acids is 2. The first kappa shape index (κ1) is 20.0. The standard InChI is InChI=1S/C21H29NO5/c1-2-25-20(24)9-5-8-19(23)18-7-4-3-6-17(18)16-22-12-10-21(11-13-22)26-14-15-27-21/h3-4,6-7H,2,5,8-16H2,1H3. The average molecular weight is 375 g/mol. The molecular formula is C21H29NO5. The van der Waals surface area contributed by atoms with Crippen LogP contribution in [0.4, 0.5) is 0 Å². The molecule has 3 rings (SSSR count). The Morgan fingerprint density at radius 2 is 1.81 bits per heavy atom. The maximum absolute atomic E-state index is 12.6. The molecule has 2 heterocycles. The van der Waals surface area contributed by atoms with Gasteiger partial charge in [0, 0.05) is 50.9 Å². The molecule has 27 heavy (non-hydrogen) atoms. The number of piperidine rings is 1. The van der Waals surface area contributed by atoms with Crippen molar-refractivity contribution in [2.24, 2.45) is 0 Å². The zero-order valence-electron chi connectivity index (χ0n) is 16.1. The minimum atomic E-state index is -0.376. The summed E-state index contributed by atoms with van der Waals surface area (Å²) in [6.07, 6.45) is 2.90. The molecule has 0 saturated carbocycles. The largest absolute Gasteiger partial charge is 0.466 e. The third-order valence-electron chi connectivity index (χ3n) is 5.23. The summed E-state index contributed by atoms with van der Waals surface area (Å²) in [6.45, 7) is 6.06. The van der Waals surface area contributed by atoms with Gasteiger partial charge in [0.1, 0.15) is 0 Å². The topological polar surface area (TPSA) is 65.1 Å². The van der Waals surface area contributed by atoms with E-state index in [9.17, 15) is 9.59 Å². The van der Waals surface area contributed by atoms with Crippen LogP contribution < -0.4 is 0 Å². The molecule has 0 aromatic heterocycles. The quantitative estimate of drug-likeness (QED) is 0.514. The summed E-state index contributed by atoms with van der Waals surface area (Å²) in [5.74, 6) is -0.526. The molecule has 0 radical (unpaired) electrons. The maximum atomic E-state index is 12.6. The number of hydrogen-bond donors (Lipinski definition) is 0. The van der Waals surface area contributed by atoms with Crippen LogP contribution in [0.3, 0.4) is 0 Å². The molecule has 1 aromatic rings. The monoisotopic (exact) mass is 375 g/mol. The number of esters is 1. The Morgan fingerprint density at radius 1 is 1.11 bits per heavy atom. The summed E-state index contributed by atoms with van der Waals surface area (Å²) >= 11 is 0. The highest BCUT2D eigenvalue weighted by molar-refractivity contribution is 5.97. The summed E-state index contributed by atoms with van der Waals surface area (Å²) in [7, 11) is 0. The Bertz CT molecular complexity index is 644. The molecule has 2 aliphatic heterocycles. The number of ketones is 1. The van der Waals surface area contributed by atoms with Crippen molar-refractivity contribution in [1.29, 1.82) is 0 Å². The first-order valence-electron chi connectivity index (χ1n) is 9.89. The molecule has 2 saturated heterocycles. The SMILES string of the molecule is CCOC(=O)CCCC(=O)c1ccccc1CN1CCC2(CC1)OCCO2. The summed E-state index contributed by atoms with van der Waals surface area (Å²) < 4.78 is 16.5. The van der Waals surface area contributed by atoms with Gasteiger partial charge in [-0.15, -0.1) is 0 Å². The van der Waals surface area contributed by atoms with Gasteiger partial charge < -0.3 is 14.2 Å². The zero-order valence-corrected chi connectivity index (χ0v) is 16.1. The molecule has 0 unspecified atom stereocenters.